The molecule has 1 heterocycles. The van der Waals surface area contributed by atoms with Gasteiger partial charge in [0.05, 0.1) is 12.6 Å². The van der Waals surface area contributed by atoms with Crippen LogP contribution in [0.2, 0.25) is 0 Å². The lowest BCUT2D eigenvalue weighted by atomic mass is 10.00. The van der Waals surface area contributed by atoms with Crippen LogP contribution in [0.3, 0.4) is 0 Å². The zero-order valence-electron chi connectivity index (χ0n) is 10.9. The van der Waals surface area contributed by atoms with Crippen molar-refractivity contribution >= 4 is 5.97 Å². The van der Waals surface area contributed by atoms with E-state index in [1.807, 2.05) is 0 Å². The molecule has 112 valence electrons. The van der Waals surface area contributed by atoms with Crippen molar-refractivity contribution in [3.8, 4) is 0 Å². The molecule has 1 saturated carbocycles. The summed E-state index contributed by atoms with van der Waals surface area (Å²) in [7, 11) is 0. The Labute approximate surface area is 114 Å². The second-order valence-electron chi connectivity index (χ2n) is 5.15. The maximum atomic E-state index is 12.9. The van der Waals surface area contributed by atoms with Crippen molar-refractivity contribution in [3.63, 3.8) is 0 Å². The lowest BCUT2D eigenvalue weighted by Crippen LogP contribution is -2.21. The molecule has 1 aliphatic rings. The number of carboxylic acids is 1. The van der Waals surface area contributed by atoms with Crippen LogP contribution in [0.15, 0.2) is 0 Å². The van der Waals surface area contributed by atoms with E-state index < -0.39 is 29.9 Å². The van der Waals surface area contributed by atoms with Crippen LogP contribution in [0.25, 0.3) is 0 Å². The standard InChI is InChI=1S/C12H17F2N3O3/c13-11(14)10-9(12(19)20)15-16-17(10)6-8(18)5-7-3-1-2-4-7/h7-8,11,18H,1-6H2,(H,19,20). The van der Waals surface area contributed by atoms with Gasteiger partial charge in [0.2, 0.25) is 0 Å². The Bertz CT molecular complexity index is 473. The first-order valence-electron chi connectivity index (χ1n) is 6.62. The second kappa shape index (κ2) is 6.25. The van der Waals surface area contributed by atoms with Crippen molar-refractivity contribution in [2.45, 2.75) is 51.2 Å². The first-order chi connectivity index (χ1) is 9.49. The van der Waals surface area contributed by atoms with Gasteiger partial charge in [0.1, 0.15) is 5.69 Å². The predicted molar refractivity (Wildman–Crippen MR) is 64.5 cm³/mol. The molecule has 1 aromatic rings. The molecule has 0 spiro atoms. The average Bonchev–Trinajstić information content (AvgIpc) is 2.97. The Morgan fingerprint density at radius 2 is 2.05 bits per heavy atom. The van der Waals surface area contributed by atoms with Crippen molar-refractivity contribution in [3.05, 3.63) is 11.4 Å². The molecule has 1 aromatic heterocycles. The van der Waals surface area contributed by atoms with E-state index in [1.54, 1.807) is 0 Å². The second-order valence-corrected chi connectivity index (χ2v) is 5.15. The van der Waals surface area contributed by atoms with E-state index in [4.69, 9.17) is 5.11 Å². The summed E-state index contributed by atoms with van der Waals surface area (Å²) >= 11 is 0. The molecule has 0 bridgehead atoms. The van der Waals surface area contributed by atoms with Crippen LogP contribution in [-0.2, 0) is 6.54 Å². The monoisotopic (exact) mass is 289 g/mol. The van der Waals surface area contributed by atoms with E-state index >= 15 is 0 Å². The summed E-state index contributed by atoms with van der Waals surface area (Å²) < 4.78 is 26.6. The van der Waals surface area contributed by atoms with Gasteiger partial charge in [-0.05, 0) is 12.3 Å². The van der Waals surface area contributed by atoms with Gasteiger partial charge in [-0.2, -0.15) is 0 Å². The van der Waals surface area contributed by atoms with Gasteiger partial charge in [0, 0.05) is 0 Å². The fourth-order valence-corrected chi connectivity index (χ4v) is 2.73. The van der Waals surface area contributed by atoms with E-state index in [0.29, 0.717) is 12.3 Å². The average molecular weight is 289 g/mol. The maximum absolute atomic E-state index is 12.9. The normalized spacial score (nSPS) is 17.8. The summed E-state index contributed by atoms with van der Waals surface area (Å²) in [5.41, 5.74) is -1.50. The van der Waals surface area contributed by atoms with Crippen molar-refractivity contribution in [2.24, 2.45) is 5.92 Å². The Kier molecular flexibility index (Phi) is 4.64. The molecule has 0 aromatic carbocycles. The van der Waals surface area contributed by atoms with Crippen LogP contribution in [0, 0.1) is 5.92 Å². The summed E-state index contributed by atoms with van der Waals surface area (Å²) in [6, 6.07) is 0. The summed E-state index contributed by atoms with van der Waals surface area (Å²) in [4.78, 5) is 10.8. The molecule has 1 unspecified atom stereocenters. The molecule has 6 nitrogen and oxygen atoms in total. The predicted octanol–water partition coefficient (Wildman–Crippen LogP) is 1.86. The SMILES string of the molecule is O=C(O)c1nnn(CC(O)CC2CCCC2)c1C(F)F. The first-order valence-corrected chi connectivity index (χ1v) is 6.62. The molecular weight excluding hydrogens is 272 g/mol. The largest absolute Gasteiger partial charge is 0.476 e. The third kappa shape index (κ3) is 3.30. The topological polar surface area (TPSA) is 88.2 Å². The molecule has 0 aliphatic heterocycles. The van der Waals surface area contributed by atoms with Crippen LogP contribution < -0.4 is 0 Å². The number of alkyl halides is 2. The van der Waals surface area contributed by atoms with Crippen LogP contribution in [0.1, 0.15) is 54.7 Å². The highest BCUT2D eigenvalue weighted by molar-refractivity contribution is 5.86. The van der Waals surface area contributed by atoms with Gasteiger partial charge in [0.25, 0.3) is 6.43 Å². The van der Waals surface area contributed by atoms with Crippen LogP contribution >= 0.6 is 0 Å². The lowest BCUT2D eigenvalue weighted by molar-refractivity contribution is 0.0671. The fraction of sp³-hybridized carbons (Fsp3) is 0.750. The zero-order valence-corrected chi connectivity index (χ0v) is 10.9. The fourth-order valence-electron chi connectivity index (χ4n) is 2.73. The minimum atomic E-state index is -2.99. The molecule has 1 atom stereocenters. The van der Waals surface area contributed by atoms with Crippen molar-refractivity contribution in [1.82, 2.24) is 15.0 Å². The summed E-state index contributed by atoms with van der Waals surface area (Å²) in [5.74, 6) is -1.14. The minimum Gasteiger partial charge on any atom is -0.476 e. The van der Waals surface area contributed by atoms with Crippen LogP contribution in [-0.4, -0.2) is 37.3 Å². The van der Waals surface area contributed by atoms with E-state index in [0.717, 1.165) is 30.4 Å². The molecular formula is C12H17F2N3O3. The third-order valence-corrected chi connectivity index (χ3v) is 3.65. The van der Waals surface area contributed by atoms with E-state index in [9.17, 15) is 18.7 Å². The molecule has 8 heteroatoms. The highest BCUT2D eigenvalue weighted by Gasteiger charge is 2.28. The summed E-state index contributed by atoms with van der Waals surface area (Å²) in [5, 5.41) is 25.4. The van der Waals surface area contributed by atoms with Gasteiger partial charge >= 0.3 is 5.97 Å². The van der Waals surface area contributed by atoms with Gasteiger partial charge in [0.15, 0.2) is 5.69 Å². The third-order valence-electron chi connectivity index (χ3n) is 3.65. The molecule has 2 N–H and O–H groups in total. The van der Waals surface area contributed by atoms with Gasteiger partial charge in [-0.25, -0.2) is 18.3 Å². The van der Waals surface area contributed by atoms with Crippen molar-refractivity contribution < 1.29 is 23.8 Å². The minimum absolute atomic E-state index is 0.156. The van der Waals surface area contributed by atoms with E-state index in [-0.39, 0.29) is 6.54 Å². The number of aromatic carboxylic acids is 1. The molecule has 0 radical (unpaired) electrons. The van der Waals surface area contributed by atoms with E-state index in [1.165, 1.54) is 0 Å². The maximum Gasteiger partial charge on any atom is 0.358 e. The highest BCUT2D eigenvalue weighted by Crippen LogP contribution is 2.29. The number of nitrogens with zero attached hydrogens (tertiary/aromatic N) is 3. The number of aliphatic hydroxyl groups is 1. The number of rotatable bonds is 6. The number of hydrogen-bond acceptors (Lipinski definition) is 4. The quantitative estimate of drug-likeness (QED) is 0.834. The van der Waals surface area contributed by atoms with E-state index in [2.05, 4.69) is 10.3 Å². The smallest absolute Gasteiger partial charge is 0.358 e. The number of aromatic nitrogens is 3. The van der Waals surface area contributed by atoms with Crippen molar-refractivity contribution in [2.75, 3.05) is 0 Å². The Balaban J connectivity index is 2.06. The van der Waals surface area contributed by atoms with Crippen LogP contribution in [0.5, 0.6) is 0 Å². The number of halogens is 2. The number of carboxylic acid groups (broad SMARTS) is 1. The van der Waals surface area contributed by atoms with Gasteiger partial charge < -0.3 is 10.2 Å². The number of hydrogen-bond donors (Lipinski definition) is 2. The Morgan fingerprint density at radius 3 is 2.60 bits per heavy atom. The molecule has 1 fully saturated rings. The molecule has 20 heavy (non-hydrogen) atoms. The Morgan fingerprint density at radius 1 is 1.40 bits per heavy atom. The van der Waals surface area contributed by atoms with Gasteiger partial charge in [-0.1, -0.05) is 30.9 Å². The summed E-state index contributed by atoms with van der Waals surface area (Å²) in [6.45, 7) is -0.156. The number of aliphatic hydroxyl groups excluding tert-OH is 1. The molecule has 0 saturated heterocycles. The Hall–Kier alpha value is -1.57. The van der Waals surface area contributed by atoms with Gasteiger partial charge in [-0.3, -0.25) is 0 Å². The van der Waals surface area contributed by atoms with Crippen LogP contribution in [0.4, 0.5) is 8.78 Å². The summed E-state index contributed by atoms with van der Waals surface area (Å²) in [6.07, 6.45) is 1.05. The highest BCUT2D eigenvalue weighted by atomic mass is 19.3. The van der Waals surface area contributed by atoms with Gasteiger partial charge in [-0.15, -0.1) is 5.10 Å². The van der Waals surface area contributed by atoms with Crippen molar-refractivity contribution in [1.29, 1.82) is 0 Å². The lowest BCUT2D eigenvalue weighted by Gasteiger charge is -2.16. The number of carbonyl (C=O) groups is 1. The molecule has 0 amide bonds. The molecule has 2 rings (SSSR count). The zero-order chi connectivity index (χ0) is 14.7. The first kappa shape index (κ1) is 14.8. The molecule has 1 aliphatic carbocycles.